The smallest absolute Gasteiger partial charge is 0.228 e. The molecule has 88 valence electrons. The van der Waals surface area contributed by atoms with Crippen molar-refractivity contribution in [1.29, 1.82) is 0 Å². The molecule has 0 radical (unpaired) electrons. The second-order valence-corrected chi connectivity index (χ2v) is 4.86. The lowest BCUT2D eigenvalue weighted by Crippen LogP contribution is -2.38. The summed E-state index contributed by atoms with van der Waals surface area (Å²) in [5, 5.41) is 6.55. The molecule has 1 saturated carbocycles. The van der Waals surface area contributed by atoms with Gasteiger partial charge in [-0.15, -0.1) is 0 Å². The van der Waals surface area contributed by atoms with Crippen LogP contribution in [0.25, 0.3) is 0 Å². The Kier molecular flexibility index (Phi) is 2.94. The summed E-state index contributed by atoms with van der Waals surface area (Å²) in [6.45, 7) is 2.58. The Bertz CT molecular complexity index is 354. The van der Waals surface area contributed by atoms with E-state index in [1.54, 1.807) is 4.90 Å². The molecule has 1 heterocycles. The van der Waals surface area contributed by atoms with Crippen LogP contribution in [0.4, 0.5) is 0 Å². The van der Waals surface area contributed by atoms with E-state index in [1.165, 1.54) is 19.2 Å². The first-order valence-corrected chi connectivity index (χ1v) is 5.72. The fourth-order valence-electron chi connectivity index (χ4n) is 2.43. The van der Waals surface area contributed by atoms with E-state index >= 15 is 0 Å². The van der Waals surface area contributed by atoms with Crippen molar-refractivity contribution >= 4 is 5.91 Å². The molecule has 0 atom stereocenters. The minimum Gasteiger partial charge on any atom is -0.338 e. The number of hydrogen-bond donors (Lipinski definition) is 1. The van der Waals surface area contributed by atoms with Crippen LogP contribution in [0.2, 0.25) is 0 Å². The molecule has 16 heavy (non-hydrogen) atoms. The van der Waals surface area contributed by atoms with Crippen LogP contribution >= 0.6 is 0 Å². The van der Waals surface area contributed by atoms with Gasteiger partial charge in [0.05, 0.1) is 6.54 Å². The van der Waals surface area contributed by atoms with Crippen molar-refractivity contribution < 1.29 is 4.79 Å². The molecule has 1 amide bonds. The molecule has 2 rings (SSSR count). The summed E-state index contributed by atoms with van der Waals surface area (Å²) in [6.07, 6.45) is 5.81. The van der Waals surface area contributed by atoms with Crippen LogP contribution in [0.5, 0.6) is 0 Å². The minimum absolute atomic E-state index is 0.158. The molecule has 1 aliphatic rings. The summed E-state index contributed by atoms with van der Waals surface area (Å²) >= 11 is 0. The summed E-state index contributed by atoms with van der Waals surface area (Å²) in [5.74, 6) is 0.957. The Morgan fingerprint density at radius 2 is 2.25 bits per heavy atom. The number of aromatic nitrogens is 3. The summed E-state index contributed by atoms with van der Waals surface area (Å²) in [6, 6.07) is 0. The third-order valence-electron chi connectivity index (χ3n) is 3.42. The van der Waals surface area contributed by atoms with E-state index in [1.807, 2.05) is 7.05 Å². The lowest BCUT2D eigenvalue weighted by atomic mass is 9.87. The normalized spacial score (nSPS) is 18.6. The summed E-state index contributed by atoms with van der Waals surface area (Å²) < 4.78 is 0. The molecule has 5 heteroatoms. The van der Waals surface area contributed by atoms with E-state index in [2.05, 4.69) is 22.1 Å². The summed E-state index contributed by atoms with van der Waals surface area (Å²) in [5.41, 5.74) is -0.158. The number of carbonyl (C=O) groups excluding carboxylic acids is 1. The Morgan fingerprint density at radius 1 is 1.56 bits per heavy atom. The van der Waals surface area contributed by atoms with E-state index in [0.29, 0.717) is 6.54 Å². The number of nitrogens with zero attached hydrogens (tertiary/aromatic N) is 3. The maximum Gasteiger partial charge on any atom is 0.228 e. The first kappa shape index (κ1) is 11.1. The van der Waals surface area contributed by atoms with Gasteiger partial charge in [0.2, 0.25) is 5.91 Å². The van der Waals surface area contributed by atoms with Crippen LogP contribution in [0, 0.1) is 5.41 Å². The SMILES string of the molecule is CN(Cc1ncn[nH]1)C(=O)C1(C)CCCC1. The Labute approximate surface area is 95.2 Å². The van der Waals surface area contributed by atoms with Crippen molar-refractivity contribution in [3.8, 4) is 0 Å². The van der Waals surface area contributed by atoms with Gasteiger partial charge in [-0.05, 0) is 12.8 Å². The predicted octanol–water partition coefficient (Wildman–Crippen LogP) is 1.34. The highest BCUT2D eigenvalue weighted by Gasteiger charge is 2.38. The minimum atomic E-state index is -0.158. The monoisotopic (exact) mass is 222 g/mol. The molecule has 0 bridgehead atoms. The lowest BCUT2D eigenvalue weighted by Gasteiger charge is -2.28. The van der Waals surface area contributed by atoms with E-state index in [4.69, 9.17) is 0 Å². The van der Waals surface area contributed by atoms with Gasteiger partial charge in [0.25, 0.3) is 0 Å². The molecule has 0 aliphatic heterocycles. The van der Waals surface area contributed by atoms with Crippen molar-refractivity contribution in [3.63, 3.8) is 0 Å². The molecule has 0 spiro atoms. The van der Waals surface area contributed by atoms with Crippen LogP contribution in [0.3, 0.4) is 0 Å². The zero-order valence-electron chi connectivity index (χ0n) is 9.86. The van der Waals surface area contributed by atoms with Crippen molar-refractivity contribution in [2.45, 2.75) is 39.2 Å². The second kappa shape index (κ2) is 4.23. The first-order valence-electron chi connectivity index (χ1n) is 5.72. The van der Waals surface area contributed by atoms with Gasteiger partial charge in [-0.1, -0.05) is 19.8 Å². The van der Waals surface area contributed by atoms with Gasteiger partial charge in [-0.2, -0.15) is 5.10 Å². The van der Waals surface area contributed by atoms with Crippen LogP contribution in [-0.2, 0) is 11.3 Å². The number of aromatic amines is 1. The Hall–Kier alpha value is -1.39. The average Bonchev–Trinajstić information content (AvgIpc) is 2.89. The molecule has 1 aromatic rings. The van der Waals surface area contributed by atoms with Crippen molar-refractivity contribution in [1.82, 2.24) is 20.1 Å². The molecule has 0 saturated heterocycles. The number of rotatable bonds is 3. The van der Waals surface area contributed by atoms with E-state index in [9.17, 15) is 4.79 Å². The Morgan fingerprint density at radius 3 is 2.81 bits per heavy atom. The molecule has 1 N–H and O–H groups in total. The fourth-order valence-corrected chi connectivity index (χ4v) is 2.43. The van der Waals surface area contributed by atoms with Crippen LogP contribution in [0.1, 0.15) is 38.4 Å². The van der Waals surface area contributed by atoms with Crippen molar-refractivity contribution in [2.24, 2.45) is 5.41 Å². The second-order valence-electron chi connectivity index (χ2n) is 4.86. The standard InChI is InChI=1S/C11H18N4O/c1-11(5-3-4-6-11)10(16)15(2)7-9-12-8-13-14-9/h8H,3-7H2,1-2H3,(H,12,13,14). The zero-order chi connectivity index (χ0) is 11.6. The summed E-state index contributed by atoms with van der Waals surface area (Å²) in [4.78, 5) is 18.0. The van der Waals surface area contributed by atoms with Crippen LogP contribution < -0.4 is 0 Å². The lowest BCUT2D eigenvalue weighted by molar-refractivity contribution is -0.140. The number of amides is 1. The fraction of sp³-hybridized carbons (Fsp3) is 0.727. The molecule has 1 aliphatic carbocycles. The molecular weight excluding hydrogens is 204 g/mol. The van der Waals surface area contributed by atoms with E-state index in [0.717, 1.165) is 18.7 Å². The average molecular weight is 222 g/mol. The first-order chi connectivity index (χ1) is 7.62. The van der Waals surface area contributed by atoms with Crippen LogP contribution in [-0.4, -0.2) is 33.0 Å². The zero-order valence-corrected chi connectivity index (χ0v) is 9.86. The quantitative estimate of drug-likeness (QED) is 0.839. The topological polar surface area (TPSA) is 61.9 Å². The van der Waals surface area contributed by atoms with Crippen LogP contribution in [0.15, 0.2) is 6.33 Å². The number of carbonyl (C=O) groups is 1. The van der Waals surface area contributed by atoms with Crippen molar-refractivity contribution in [2.75, 3.05) is 7.05 Å². The predicted molar refractivity (Wildman–Crippen MR) is 59.4 cm³/mol. The highest BCUT2D eigenvalue weighted by Crippen LogP contribution is 2.38. The van der Waals surface area contributed by atoms with E-state index in [-0.39, 0.29) is 11.3 Å². The number of hydrogen-bond acceptors (Lipinski definition) is 3. The molecule has 0 unspecified atom stereocenters. The Balaban J connectivity index is 1.99. The third-order valence-corrected chi connectivity index (χ3v) is 3.42. The molecule has 5 nitrogen and oxygen atoms in total. The van der Waals surface area contributed by atoms with Gasteiger partial charge >= 0.3 is 0 Å². The maximum atomic E-state index is 12.3. The largest absolute Gasteiger partial charge is 0.338 e. The highest BCUT2D eigenvalue weighted by atomic mass is 16.2. The van der Waals surface area contributed by atoms with Gasteiger partial charge in [0.15, 0.2) is 0 Å². The van der Waals surface area contributed by atoms with Gasteiger partial charge in [-0.25, -0.2) is 4.98 Å². The molecule has 0 aromatic carbocycles. The van der Waals surface area contributed by atoms with Gasteiger partial charge in [-0.3, -0.25) is 9.89 Å². The third kappa shape index (κ3) is 2.08. The van der Waals surface area contributed by atoms with Crippen molar-refractivity contribution in [3.05, 3.63) is 12.2 Å². The van der Waals surface area contributed by atoms with Gasteiger partial charge < -0.3 is 4.90 Å². The van der Waals surface area contributed by atoms with E-state index < -0.39 is 0 Å². The summed E-state index contributed by atoms with van der Waals surface area (Å²) in [7, 11) is 1.83. The number of H-pyrrole nitrogens is 1. The van der Waals surface area contributed by atoms with Gasteiger partial charge in [0.1, 0.15) is 12.2 Å². The maximum absolute atomic E-state index is 12.3. The number of nitrogens with one attached hydrogen (secondary N) is 1. The molecule has 1 aromatic heterocycles. The highest BCUT2D eigenvalue weighted by molar-refractivity contribution is 5.82. The molecular formula is C11H18N4O. The molecule has 1 fully saturated rings. The van der Waals surface area contributed by atoms with Gasteiger partial charge in [0, 0.05) is 12.5 Å².